The van der Waals surface area contributed by atoms with Gasteiger partial charge >= 0.3 is 6.03 Å². The van der Waals surface area contributed by atoms with Crippen LogP contribution < -0.4 is 5.32 Å². The zero-order valence-electron chi connectivity index (χ0n) is 16.8. The second kappa shape index (κ2) is 8.78. The maximum atomic E-state index is 13.1. The van der Waals surface area contributed by atoms with Crippen LogP contribution in [0.1, 0.15) is 25.3 Å². The van der Waals surface area contributed by atoms with Gasteiger partial charge in [0.2, 0.25) is 0 Å². The van der Waals surface area contributed by atoms with E-state index < -0.39 is 0 Å². The number of amidine groups is 1. The summed E-state index contributed by atoms with van der Waals surface area (Å²) in [4.78, 5) is 34.0. The van der Waals surface area contributed by atoms with Gasteiger partial charge in [0.25, 0.3) is 5.91 Å². The smallest absolute Gasteiger partial charge is 0.329 e. The second-order valence-electron chi connectivity index (χ2n) is 7.87. The summed E-state index contributed by atoms with van der Waals surface area (Å²) in [6, 6.07) is 9.98. The van der Waals surface area contributed by atoms with Crippen LogP contribution in [0.15, 0.2) is 47.1 Å². The Labute approximate surface area is 171 Å². The molecular weight excluding hydrogens is 368 g/mol. The molecule has 3 aliphatic rings. The average molecular weight is 396 g/mol. The molecule has 1 aromatic rings. The summed E-state index contributed by atoms with van der Waals surface area (Å²) in [7, 11) is 0. The van der Waals surface area contributed by atoms with Crippen molar-refractivity contribution in [3.05, 3.63) is 47.7 Å². The maximum Gasteiger partial charge on any atom is 0.329 e. The van der Waals surface area contributed by atoms with E-state index in [1.807, 2.05) is 25.1 Å². The second-order valence-corrected chi connectivity index (χ2v) is 7.87. The van der Waals surface area contributed by atoms with Gasteiger partial charge in [-0.05, 0) is 24.8 Å². The molecule has 2 atom stereocenters. The highest BCUT2D eigenvalue weighted by atomic mass is 16.5. The third-order valence-electron chi connectivity index (χ3n) is 5.53. The number of fused-ring (bicyclic) bond motifs is 1. The van der Waals surface area contributed by atoms with Crippen LogP contribution in [0, 0.1) is 5.92 Å². The zero-order valence-corrected chi connectivity index (χ0v) is 16.8. The Bertz CT molecular complexity index is 815. The average Bonchev–Trinajstić information content (AvgIpc) is 3.39. The van der Waals surface area contributed by atoms with Crippen LogP contribution in [0.25, 0.3) is 0 Å². The number of nitrogens with zero attached hydrogens (tertiary/aromatic N) is 3. The molecule has 0 spiro atoms. The van der Waals surface area contributed by atoms with Crippen LogP contribution in [0.5, 0.6) is 0 Å². The lowest BCUT2D eigenvalue weighted by Gasteiger charge is -2.33. The summed E-state index contributed by atoms with van der Waals surface area (Å²) in [6.45, 7) is 5.07. The van der Waals surface area contributed by atoms with Crippen molar-refractivity contribution in [2.45, 2.75) is 32.2 Å². The van der Waals surface area contributed by atoms with Crippen LogP contribution in [0.3, 0.4) is 0 Å². The van der Waals surface area contributed by atoms with Gasteiger partial charge in [0.15, 0.2) is 0 Å². The molecule has 3 amide bonds. The Morgan fingerprint density at radius 3 is 2.86 bits per heavy atom. The molecule has 1 saturated heterocycles. The van der Waals surface area contributed by atoms with Crippen molar-refractivity contribution in [1.29, 1.82) is 0 Å². The van der Waals surface area contributed by atoms with E-state index in [0.717, 1.165) is 25.9 Å². The van der Waals surface area contributed by atoms with E-state index in [9.17, 15) is 9.59 Å². The van der Waals surface area contributed by atoms with E-state index in [0.29, 0.717) is 43.6 Å². The van der Waals surface area contributed by atoms with Gasteiger partial charge < -0.3 is 10.1 Å². The van der Waals surface area contributed by atoms with Gasteiger partial charge in [-0.3, -0.25) is 19.6 Å². The molecule has 0 bridgehead atoms. The van der Waals surface area contributed by atoms with Gasteiger partial charge in [0.05, 0.1) is 24.8 Å². The number of rotatable bonds is 7. The van der Waals surface area contributed by atoms with E-state index >= 15 is 0 Å². The largest absolute Gasteiger partial charge is 0.381 e. The molecule has 3 heterocycles. The number of aliphatic imine (C=N–C) groups is 1. The highest BCUT2D eigenvalue weighted by Gasteiger charge is 2.40. The third-order valence-corrected chi connectivity index (χ3v) is 5.53. The van der Waals surface area contributed by atoms with Gasteiger partial charge in [-0.15, -0.1) is 0 Å². The molecule has 0 saturated carbocycles. The van der Waals surface area contributed by atoms with Crippen LogP contribution in [-0.4, -0.2) is 66.5 Å². The molecule has 1 fully saturated rings. The minimum absolute atomic E-state index is 0.0477. The number of nitrogens with one attached hydrogen (secondary N) is 1. The van der Waals surface area contributed by atoms with Crippen LogP contribution >= 0.6 is 0 Å². The summed E-state index contributed by atoms with van der Waals surface area (Å²) in [5.74, 6) is 0.635. The molecule has 0 aliphatic carbocycles. The minimum Gasteiger partial charge on any atom is -0.381 e. The lowest BCUT2D eigenvalue weighted by Crippen LogP contribution is -2.51. The van der Waals surface area contributed by atoms with Gasteiger partial charge in [-0.25, -0.2) is 4.79 Å². The van der Waals surface area contributed by atoms with Crippen molar-refractivity contribution < 1.29 is 14.3 Å². The molecule has 4 rings (SSSR count). The van der Waals surface area contributed by atoms with Crippen molar-refractivity contribution in [3.8, 4) is 0 Å². The molecule has 7 heteroatoms. The first-order valence-electron chi connectivity index (χ1n) is 10.4. The number of hydrogen-bond donors (Lipinski definition) is 1. The number of ether oxygens (including phenoxy) is 1. The van der Waals surface area contributed by atoms with Crippen molar-refractivity contribution in [3.63, 3.8) is 0 Å². The topological polar surface area (TPSA) is 74.2 Å². The first-order chi connectivity index (χ1) is 14.2. The molecule has 0 aromatic heterocycles. The van der Waals surface area contributed by atoms with E-state index in [-0.39, 0.29) is 18.0 Å². The summed E-state index contributed by atoms with van der Waals surface area (Å²) >= 11 is 0. The quantitative estimate of drug-likeness (QED) is 0.768. The summed E-state index contributed by atoms with van der Waals surface area (Å²) in [5.41, 5.74) is 1.66. The highest BCUT2D eigenvalue weighted by molar-refractivity contribution is 6.25. The van der Waals surface area contributed by atoms with Crippen molar-refractivity contribution in [2.24, 2.45) is 10.9 Å². The lowest BCUT2D eigenvalue weighted by atomic mass is 10.1. The minimum atomic E-state index is -0.170. The van der Waals surface area contributed by atoms with Gasteiger partial charge in [0.1, 0.15) is 5.84 Å². The number of carbonyl (C=O) groups excluding carboxylic acids is 2. The molecule has 29 heavy (non-hydrogen) atoms. The fraction of sp³-hybridized carbons (Fsp3) is 0.500. The number of amides is 3. The molecule has 1 aromatic carbocycles. The lowest BCUT2D eigenvalue weighted by molar-refractivity contribution is -0.117. The number of hydrogen-bond acceptors (Lipinski definition) is 4. The molecule has 154 valence electrons. The third kappa shape index (κ3) is 4.34. The van der Waals surface area contributed by atoms with Gasteiger partial charge in [-0.2, -0.15) is 0 Å². The molecule has 3 aliphatic heterocycles. The number of urea groups is 1. The predicted octanol–water partition coefficient (Wildman–Crippen LogP) is 2.19. The molecular formula is C22H28N4O3. The zero-order chi connectivity index (χ0) is 20.2. The van der Waals surface area contributed by atoms with Gasteiger partial charge in [0, 0.05) is 31.8 Å². The fourth-order valence-corrected chi connectivity index (χ4v) is 4.01. The van der Waals surface area contributed by atoms with Gasteiger partial charge in [-0.1, -0.05) is 37.3 Å². The molecule has 1 unspecified atom stereocenters. The molecule has 0 radical (unpaired) electrons. The summed E-state index contributed by atoms with van der Waals surface area (Å²) in [5, 5.41) is 2.93. The summed E-state index contributed by atoms with van der Waals surface area (Å²) in [6.07, 6.45) is 4.22. The monoisotopic (exact) mass is 396 g/mol. The van der Waals surface area contributed by atoms with Crippen molar-refractivity contribution in [2.75, 3.05) is 32.8 Å². The van der Waals surface area contributed by atoms with E-state index in [2.05, 4.69) is 17.4 Å². The SMILES string of the molecule is CCCNC(=O)C1=CN(CC2CCOC2)C(=O)N2C[C@@H](Cc3ccccc3)N=C12. The van der Waals surface area contributed by atoms with E-state index in [1.54, 1.807) is 16.0 Å². The predicted molar refractivity (Wildman–Crippen MR) is 110 cm³/mol. The Kier molecular flexibility index (Phi) is 5.94. The number of carbonyl (C=O) groups is 2. The number of benzene rings is 1. The van der Waals surface area contributed by atoms with E-state index in [1.165, 1.54) is 5.56 Å². The normalized spacial score (nSPS) is 23.7. The van der Waals surface area contributed by atoms with Crippen LogP contribution in [0.4, 0.5) is 4.79 Å². The maximum absolute atomic E-state index is 13.1. The first kappa shape index (κ1) is 19.6. The van der Waals surface area contributed by atoms with Crippen molar-refractivity contribution in [1.82, 2.24) is 15.1 Å². The van der Waals surface area contributed by atoms with Crippen LogP contribution in [0.2, 0.25) is 0 Å². The highest BCUT2D eigenvalue weighted by Crippen LogP contribution is 2.26. The molecule has 1 N–H and O–H groups in total. The van der Waals surface area contributed by atoms with E-state index in [4.69, 9.17) is 9.73 Å². The first-order valence-corrected chi connectivity index (χ1v) is 10.4. The Balaban J connectivity index is 1.56. The fourth-order valence-electron chi connectivity index (χ4n) is 4.01. The van der Waals surface area contributed by atoms with Crippen molar-refractivity contribution >= 4 is 17.8 Å². The Hall–Kier alpha value is -2.67. The Morgan fingerprint density at radius 2 is 2.14 bits per heavy atom. The molecule has 7 nitrogen and oxygen atoms in total. The Morgan fingerprint density at radius 1 is 1.31 bits per heavy atom. The van der Waals surface area contributed by atoms with Crippen LogP contribution in [-0.2, 0) is 16.0 Å². The summed E-state index contributed by atoms with van der Waals surface area (Å²) < 4.78 is 5.46. The standard InChI is InChI=1S/C22H28N4O3/c1-2-9-23-21(27)19-14-25(12-17-8-10-29-15-17)22(28)26-13-18(24-20(19)26)11-16-6-4-3-5-7-16/h3-7,14,17-18H,2,8-13,15H2,1H3,(H,23,27)/t17?,18-/m1/s1.